The van der Waals surface area contributed by atoms with Crippen molar-refractivity contribution in [3.63, 3.8) is 0 Å². The van der Waals surface area contributed by atoms with E-state index in [1.165, 1.54) is 43.9 Å². The lowest BCUT2D eigenvalue weighted by Gasteiger charge is -2.28. The molecule has 1 aromatic heterocycles. The molecule has 2 N–H and O–H groups in total. The summed E-state index contributed by atoms with van der Waals surface area (Å²) in [7, 11) is 0. The van der Waals surface area contributed by atoms with Crippen LogP contribution in [0.4, 0.5) is 0 Å². The van der Waals surface area contributed by atoms with Crippen LogP contribution in [0.15, 0.2) is 95.8 Å². The molecule has 2 nitrogen and oxygen atoms in total. The number of benzene rings is 2. The summed E-state index contributed by atoms with van der Waals surface area (Å²) in [6.45, 7) is 2.17. The Kier molecular flexibility index (Phi) is 4.95. The third kappa shape index (κ3) is 3.51. The number of aryl methyl sites for hydroxylation is 1. The summed E-state index contributed by atoms with van der Waals surface area (Å²) in [5.41, 5.74) is 14.0. The second kappa shape index (κ2) is 8.12. The number of nitrogens with two attached hydrogens (primary N) is 1. The van der Waals surface area contributed by atoms with E-state index in [4.69, 9.17) is 5.73 Å². The van der Waals surface area contributed by atoms with Gasteiger partial charge in [0.25, 0.3) is 0 Å². The highest BCUT2D eigenvalue weighted by molar-refractivity contribution is 5.84. The molecular weight excluding hydrogens is 400 g/mol. The van der Waals surface area contributed by atoms with Crippen LogP contribution in [0.1, 0.15) is 31.2 Å². The third-order valence-electron chi connectivity index (χ3n) is 7.44. The average Bonchev–Trinajstić information content (AvgIpc) is 3.18. The van der Waals surface area contributed by atoms with E-state index in [-0.39, 0.29) is 0 Å². The Morgan fingerprint density at radius 3 is 2.79 bits per heavy atom. The first-order valence-corrected chi connectivity index (χ1v) is 12.1. The van der Waals surface area contributed by atoms with Gasteiger partial charge in [0.1, 0.15) is 0 Å². The lowest BCUT2D eigenvalue weighted by Crippen LogP contribution is -2.34. The van der Waals surface area contributed by atoms with Crippen LogP contribution in [0.5, 0.6) is 0 Å². The molecule has 1 heterocycles. The van der Waals surface area contributed by atoms with Crippen LogP contribution in [0.3, 0.4) is 0 Å². The summed E-state index contributed by atoms with van der Waals surface area (Å²) in [6.07, 6.45) is 20.5. The Bertz CT molecular complexity index is 1490. The Morgan fingerprint density at radius 1 is 1.03 bits per heavy atom. The Labute approximate surface area is 195 Å². The number of para-hydroxylation sites is 1. The highest BCUT2D eigenvalue weighted by atomic mass is 15.0. The van der Waals surface area contributed by atoms with Gasteiger partial charge in [0, 0.05) is 22.0 Å². The Morgan fingerprint density at radius 2 is 1.94 bits per heavy atom. The second-order valence-electron chi connectivity index (χ2n) is 9.58. The van der Waals surface area contributed by atoms with Gasteiger partial charge in [-0.25, -0.2) is 0 Å². The maximum atomic E-state index is 6.45. The van der Waals surface area contributed by atoms with Crippen LogP contribution < -0.4 is 16.3 Å². The van der Waals surface area contributed by atoms with Crippen molar-refractivity contribution >= 4 is 23.1 Å². The lowest BCUT2D eigenvalue weighted by molar-refractivity contribution is 0.495. The third-order valence-corrected chi connectivity index (χ3v) is 7.44. The smallest absolute Gasteiger partial charge is 0.0540 e. The number of fused-ring (bicyclic) bond motifs is 3. The molecule has 0 amide bonds. The molecule has 2 aromatic carbocycles. The molecule has 2 atom stereocenters. The van der Waals surface area contributed by atoms with Crippen LogP contribution in [0.25, 0.3) is 28.7 Å². The van der Waals surface area contributed by atoms with Crippen molar-refractivity contribution in [3.05, 3.63) is 112 Å². The highest BCUT2D eigenvalue weighted by Gasteiger charge is 2.26. The fourth-order valence-electron chi connectivity index (χ4n) is 5.75. The molecule has 6 rings (SSSR count). The molecule has 2 heteroatoms. The van der Waals surface area contributed by atoms with E-state index in [0.717, 1.165) is 31.4 Å². The fourth-order valence-corrected chi connectivity index (χ4v) is 5.75. The molecule has 0 aliphatic heterocycles. The standard InChI is InChI=1S/C31H30N2/c1-21-8-7-11-25(18-21)33-30-13-6-5-12-26(30)27-16-14-24(20-31(27)33)23-15-17-29(32)28(19-23)22-9-3-2-4-10-22/h2-3,5-9,11-13,15-18,20,23-24H,4,10,14,19,32H2,1H3. The van der Waals surface area contributed by atoms with Gasteiger partial charge in [-0.15, -0.1) is 0 Å². The zero-order chi connectivity index (χ0) is 22.4. The van der Waals surface area contributed by atoms with Crippen LogP contribution >= 0.6 is 0 Å². The van der Waals surface area contributed by atoms with Crippen molar-refractivity contribution < 1.29 is 0 Å². The first-order valence-electron chi connectivity index (χ1n) is 12.1. The number of nitrogens with zero attached hydrogens (tertiary/aromatic N) is 1. The summed E-state index contributed by atoms with van der Waals surface area (Å²) in [5, 5.41) is 4.04. The van der Waals surface area contributed by atoms with Crippen molar-refractivity contribution in [1.82, 2.24) is 4.57 Å². The van der Waals surface area contributed by atoms with Gasteiger partial charge >= 0.3 is 0 Å². The van der Waals surface area contributed by atoms with E-state index in [1.807, 2.05) is 0 Å². The molecule has 0 radical (unpaired) electrons. The van der Waals surface area contributed by atoms with Gasteiger partial charge in [0.15, 0.2) is 0 Å². The molecule has 3 aromatic rings. The molecular formula is C31H30N2. The molecule has 0 saturated heterocycles. The van der Waals surface area contributed by atoms with Crippen LogP contribution in [-0.2, 0) is 0 Å². The van der Waals surface area contributed by atoms with Crippen molar-refractivity contribution in [1.29, 1.82) is 0 Å². The zero-order valence-corrected chi connectivity index (χ0v) is 19.2. The zero-order valence-electron chi connectivity index (χ0n) is 19.2. The van der Waals surface area contributed by atoms with E-state index in [0.29, 0.717) is 11.8 Å². The van der Waals surface area contributed by atoms with Gasteiger partial charge in [-0.1, -0.05) is 66.8 Å². The van der Waals surface area contributed by atoms with Gasteiger partial charge in [0.2, 0.25) is 0 Å². The number of allylic oxidation sites excluding steroid dienone is 7. The molecule has 33 heavy (non-hydrogen) atoms. The highest BCUT2D eigenvalue weighted by Crippen LogP contribution is 2.36. The molecule has 0 spiro atoms. The molecule has 0 bridgehead atoms. The maximum absolute atomic E-state index is 6.45. The van der Waals surface area contributed by atoms with E-state index in [1.54, 1.807) is 0 Å². The van der Waals surface area contributed by atoms with Crippen molar-refractivity contribution in [2.24, 2.45) is 17.6 Å². The molecule has 3 aliphatic carbocycles. The largest absolute Gasteiger partial charge is 0.399 e. The fraction of sp³-hybridized carbons (Fsp3) is 0.226. The minimum Gasteiger partial charge on any atom is -0.399 e. The van der Waals surface area contributed by atoms with Crippen molar-refractivity contribution in [2.45, 2.75) is 32.6 Å². The maximum Gasteiger partial charge on any atom is 0.0540 e. The molecule has 0 fully saturated rings. The van der Waals surface area contributed by atoms with Gasteiger partial charge in [0.05, 0.1) is 10.9 Å². The predicted octanol–water partition coefficient (Wildman–Crippen LogP) is 5.59. The van der Waals surface area contributed by atoms with Gasteiger partial charge < -0.3 is 10.3 Å². The second-order valence-corrected chi connectivity index (χ2v) is 9.58. The summed E-state index contributed by atoms with van der Waals surface area (Å²) >= 11 is 0. The van der Waals surface area contributed by atoms with Gasteiger partial charge in [-0.2, -0.15) is 0 Å². The molecule has 3 aliphatic rings. The minimum atomic E-state index is 0.462. The number of hydrogen-bond donors (Lipinski definition) is 1. The molecule has 2 unspecified atom stereocenters. The lowest BCUT2D eigenvalue weighted by atomic mass is 9.77. The van der Waals surface area contributed by atoms with E-state index >= 15 is 0 Å². The van der Waals surface area contributed by atoms with Crippen molar-refractivity contribution in [2.75, 3.05) is 0 Å². The van der Waals surface area contributed by atoms with Gasteiger partial charge in [-0.3, -0.25) is 0 Å². The van der Waals surface area contributed by atoms with E-state index in [9.17, 15) is 0 Å². The monoisotopic (exact) mass is 430 g/mol. The summed E-state index contributed by atoms with van der Waals surface area (Å²) in [4.78, 5) is 0. The molecule has 164 valence electrons. The Hall–Kier alpha value is -3.52. The van der Waals surface area contributed by atoms with Crippen LogP contribution in [0.2, 0.25) is 0 Å². The molecule has 0 saturated carbocycles. The van der Waals surface area contributed by atoms with E-state index in [2.05, 4.69) is 103 Å². The summed E-state index contributed by atoms with van der Waals surface area (Å²) in [5.74, 6) is 0.928. The number of aromatic nitrogens is 1. The normalized spacial score (nSPS) is 22.0. The quantitative estimate of drug-likeness (QED) is 0.577. The minimum absolute atomic E-state index is 0.462. The first kappa shape index (κ1) is 20.1. The van der Waals surface area contributed by atoms with Gasteiger partial charge in [-0.05, 0) is 85.4 Å². The van der Waals surface area contributed by atoms with Crippen LogP contribution in [-0.4, -0.2) is 4.57 Å². The first-order chi connectivity index (χ1) is 16.2. The van der Waals surface area contributed by atoms with Crippen LogP contribution in [0, 0.1) is 18.8 Å². The number of hydrogen-bond acceptors (Lipinski definition) is 1. The summed E-state index contributed by atoms with van der Waals surface area (Å²) in [6, 6.07) is 17.6. The Balaban J connectivity index is 1.45. The average molecular weight is 431 g/mol. The SMILES string of the molecule is Cc1cccc(-n2c3c(c4ccccc42)=CCC(C2C=CC(N)=C(C4=CC=CCC4)C2)C=3)c1. The summed E-state index contributed by atoms with van der Waals surface area (Å²) < 4.78 is 2.45. The predicted molar refractivity (Wildman–Crippen MR) is 139 cm³/mol. The van der Waals surface area contributed by atoms with Crippen molar-refractivity contribution in [3.8, 4) is 5.69 Å². The number of rotatable bonds is 3. The topological polar surface area (TPSA) is 30.9 Å². The van der Waals surface area contributed by atoms with E-state index < -0.39 is 0 Å².